The number of nitrogens with one attached hydrogen (secondary N) is 1. The summed E-state index contributed by atoms with van der Waals surface area (Å²) in [6.45, 7) is 3.95. The van der Waals surface area contributed by atoms with Crippen LogP contribution in [0.1, 0.15) is 44.1 Å². The van der Waals surface area contributed by atoms with Gasteiger partial charge in [0, 0.05) is 22.9 Å². The molecule has 1 N–H and O–H groups in total. The Morgan fingerprint density at radius 1 is 1.50 bits per heavy atom. The average Bonchev–Trinajstić information content (AvgIpc) is 2.77. The largest absolute Gasteiger partial charge is 0.361 e. The van der Waals surface area contributed by atoms with Gasteiger partial charge in [0.15, 0.2) is 0 Å². The normalized spacial score (nSPS) is 24.3. The highest BCUT2D eigenvalue weighted by Crippen LogP contribution is 2.23. The molecule has 1 fully saturated rings. The van der Waals surface area contributed by atoms with Crippen molar-refractivity contribution in [2.45, 2.75) is 51.3 Å². The van der Waals surface area contributed by atoms with Crippen molar-refractivity contribution in [2.24, 2.45) is 5.92 Å². The second-order valence-electron chi connectivity index (χ2n) is 5.59. The predicted octanol–water partition coefficient (Wildman–Crippen LogP) is 1.93. The Morgan fingerprint density at radius 2 is 2.25 bits per heavy atom. The first-order valence-corrected chi connectivity index (χ1v) is 8.60. The van der Waals surface area contributed by atoms with Gasteiger partial charge in [-0.25, -0.2) is 0 Å². The number of hydrogen-bond acceptors (Lipinski definition) is 4. The zero-order chi connectivity index (χ0) is 14.5. The van der Waals surface area contributed by atoms with Crippen LogP contribution >= 0.6 is 0 Å². The molecular weight excluding hydrogens is 276 g/mol. The third-order valence-electron chi connectivity index (χ3n) is 3.74. The molecule has 0 saturated heterocycles. The van der Waals surface area contributed by atoms with E-state index < -0.39 is 10.8 Å². The maximum Gasteiger partial charge on any atom is 0.232 e. The Hall–Kier alpha value is -1.17. The van der Waals surface area contributed by atoms with Crippen LogP contribution in [-0.4, -0.2) is 27.1 Å². The molecular formula is C14H22N2O3S. The highest BCUT2D eigenvalue weighted by atomic mass is 32.2. The molecule has 5 nitrogen and oxygen atoms in total. The van der Waals surface area contributed by atoms with Crippen molar-refractivity contribution in [2.75, 3.05) is 5.75 Å². The van der Waals surface area contributed by atoms with Crippen LogP contribution in [0, 0.1) is 12.8 Å². The Kier molecular flexibility index (Phi) is 5.34. The fourth-order valence-electron chi connectivity index (χ4n) is 2.63. The predicted molar refractivity (Wildman–Crippen MR) is 77.5 cm³/mol. The van der Waals surface area contributed by atoms with Crippen LogP contribution in [0.15, 0.2) is 10.6 Å². The molecule has 1 aromatic heterocycles. The maximum atomic E-state index is 11.9. The molecule has 0 aromatic carbocycles. The van der Waals surface area contributed by atoms with Gasteiger partial charge in [0.2, 0.25) is 5.91 Å². The zero-order valence-corrected chi connectivity index (χ0v) is 12.9. The van der Waals surface area contributed by atoms with E-state index in [9.17, 15) is 9.00 Å². The van der Waals surface area contributed by atoms with Gasteiger partial charge in [-0.05, 0) is 25.7 Å². The second-order valence-corrected chi connectivity index (χ2v) is 7.05. The molecule has 0 spiro atoms. The van der Waals surface area contributed by atoms with Gasteiger partial charge in [0.05, 0.1) is 11.4 Å². The van der Waals surface area contributed by atoms with E-state index in [1.807, 2.05) is 0 Å². The fourth-order valence-corrected chi connectivity index (χ4v) is 3.57. The molecule has 1 aliphatic carbocycles. The van der Waals surface area contributed by atoms with Crippen molar-refractivity contribution in [3.05, 3.63) is 17.5 Å². The van der Waals surface area contributed by atoms with E-state index in [4.69, 9.17) is 4.52 Å². The topological polar surface area (TPSA) is 72.2 Å². The van der Waals surface area contributed by atoms with Crippen molar-refractivity contribution in [1.29, 1.82) is 0 Å². The first kappa shape index (κ1) is 15.2. The maximum absolute atomic E-state index is 11.9. The van der Waals surface area contributed by atoms with E-state index in [2.05, 4.69) is 17.4 Å². The van der Waals surface area contributed by atoms with Crippen molar-refractivity contribution in [3.63, 3.8) is 0 Å². The standard InChI is InChI=1S/C14H22N2O3S/c1-10-5-3-4-6-13(10)15-14(17)9-20(18)8-12-7-11(2)19-16-12/h7,10,13H,3-6,8-9H2,1-2H3,(H,15,17)/t10-,13+,20+/m1/s1. The summed E-state index contributed by atoms with van der Waals surface area (Å²) in [6, 6.07) is 1.99. The Labute approximate surface area is 121 Å². The molecule has 0 unspecified atom stereocenters. The van der Waals surface area contributed by atoms with Gasteiger partial charge in [-0.1, -0.05) is 24.9 Å². The summed E-state index contributed by atoms with van der Waals surface area (Å²) < 4.78 is 16.8. The van der Waals surface area contributed by atoms with Gasteiger partial charge in [0.1, 0.15) is 11.5 Å². The summed E-state index contributed by atoms with van der Waals surface area (Å²) in [5.41, 5.74) is 0.639. The van der Waals surface area contributed by atoms with Crippen LogP contribution in [0.25, 0.3) is 0 Å². The lowest BCUT2D eigenvalue weighted by Crippen LogP contribution is -2.42. The molecule has 2 rings (SSSR count). The molecule has 1 amide bonds. The number of amides is 1. The van der Waals surface area contributed by atoms with Crippen LogP contribution in [0.2, 0.25) is 0 Å². The van der Waals surface area contributed by atoms with Crippen LogP contribution < -0.4 is 5.32 Å². The van der Waals surface area contributed by atoms with Gasteiger partial charge in [-0.3, -0.25) is 9.00 Å². The molecule has 0 radical (unpaired) electrons. The fraction of sp³-hybridized carbons (Fsp3) is 0.714. The SMILES string of the molecule is Cc1cc(C[S@](=O)CC(=O)N[C@H]2CCCC[C@H]2C)no1. The van der Waals surface area contributed by atoms with Crippen molar-refractivity contribution < 1.29 is 13.5 Å². The minimum atomic E-state index is -1.24. The third kappa shape index (κ3) is 4.44. The monoisotopic (exact) mass is 298 g/mol. The van der Waals surface area contributed by atoms with E-state index in [0.717, 1.165) is 19.3 Å². The van der Waals surface area contributed by atoms with E-state index in [1.165, 1.54) is 6.42 Å². The van der Waals surface area contributed by atoms with E-state index in [1.54, 1.807) is 13.0 Å². The van der Waals surface area contributed by atoms with E-state index >= 15 is 0 Å². The van der Waals surface area contributed by atoms with Gasteiger partial charge in [0.25, 0.3) is 0 Å². The number of aryl methyl sites for hydroxylation is 1. The van der Waals surface area contributed by atoms with Crippen molar-refractivity contribution in [3.8, 4) is 0 Å². The summed E-state index contributed by atoms with van der Waals surface area (Å²) in [6.07, 6.45) is 4.59. The lowest BCUT2D eigenvalue weighted by molar-refractivity contribution is -0.119. The van der Waals surface area contributed by atoms with Crippen LogP contribution in [0.3, 0.4) is 0 Å². The van der Waals surface area contributed by atoms with Gasteiger partial charge in [-0.15, -0.1) is 0 Å². The van der Waals surface area contributed by atoms with Gasteiger partial charge < -0.3 is 9.84 Å². The molecule has 1 heterocycles. The smallest absolute Gasteiger partial charge is 0.232 e. The Morgan fingerprint density at radius 3 is 2.90 bits per heavy atom. The first-order valence-electron chi connectivity index (χ1n) is 7.11. The number of hydrogen-bond donors (Lipinski definition) is 1. The molecule has 112 valence electrons. The molecule has 3 atom stereocenters. The van der Waals surface area contributed by atoms with Gasteiger partial charge in [-0.2, -0.15) is 0 Å². The minimum Gasteiger partial charge on any atom is -0.361 e. The summed E-state index contributed by atoms with van der Waals surface area (Å²) in [4.78, 5) is 11.9. The number of nitrogens with zero attached hydrogens (tertiary/aromatic N) is 1. The zero-order valence-electron chi connectivity index (χ0n) is 12.1. The highest BCUT2D eigenvalue weighted by Gasteiger charge is 2.23. The summed E-state index contributed by atoms with van der Waals surface area (Å²) in [5, 5.41) is 6.81. The van der Waals surface area contributed by atoms with Crippen molar-refractivity contribution in [1.82, 2.24) is 10.5 Å². The molecule has 20 heavy (non-hydrogen) atoms. The number of carbonyl (C=O) groups excluding carboxylic acids is 1. The van der Waals surface area contributed by atoms with E-state index in [-0.39, 0.29) is 23.5 Å². The lowest BCUT2D eigenvalue weighted by atomic mass is 9.86. The number of rotatable bonds is 5. The molecule has 0 aliphatic heterocycles. The lowest BCUT2D eigenvalue weighted by Gasteiger charge is -2.29. The van der Waals surface area contributed by atoms with E-state index in [0.29, 0.717) is 17.4 Å². The number of aromatic nitrogens is 1. The molecule has 6 heteroatoms. The van der Waals surface area contributed by atoms with Gasteiger partial charge >= 0.3 is 0 Å². The summed E-state index contributed by atoms with van der Waals surface area (Å²) in [5.74, 6) is 1.39. The van der Waals surface area contributed by atoms with Crippen LogP contribution in [-0.2, 0) is 21.3 Å². The average molecular weight is 298 g/mol. The highest BCUT2D eigenvalue weighted by molar-refractivity contribution is 7.84. The Bertz CT molecular complexity index is 487. The molecule has 1 aromatic rings. The third-order valence-corrected chi connectivity index (χ3v) is 4.94. The molecule has 1 saturated carbocycles. The number of carbonyl (C=O) groups is 1. The Balaban J connectivity index is 1.77. The summed E-state index contributed by atoms with van der Waals surface area (Å²) >= 11 is 0. The van der Waals surface area contributed by atoms with Crippen LogP contribution in [0.4, 0.5) is 0 Å². The van der Waals surface area contributed by atoms with Crippen molar-refractivity contribution >= 4 is 16.7 Å². The minimum absolute atomic E-state index is 0.0368. The van der Waals surface area contributed by atoms with Crippen LogP contribution in [0.5, 0.6) is 0 Å². The quantitative estimate of drug-likeness (QED) is 0.901. The second kappa shape index (κ2) is 7.02. The molecule has 0 bridgehead atoms. The summed E-state index contributed by atoms with van der Waals surface area (Å²) in [7, 11) is -1.24. The molecule has 1 aliphatic rings. The first-order chi connectivity index (χ1) is 9.54.